The van der Waals surface area contributed by atoms with Crippen molar-refractivity contribution in [1.29, 1.82) is 0 Å². The normalized spacial score (nSPS) is 12.7. The van der Waals surface area contributed by atoms with E-state index in [4.69, 9.17) is 17.3 Å². The molecule has 1 atom stereocenters. The predicted octanol–water partition coefficient (Wildman–Crippen LogP) is 3.35. The van der Waals surface area contributed by atoms with Gasteiger partial charge in [-0.25, -0.2) is 0 Å². The summed E-state index contributed by atoms with van der Waals surface area (Å²) in [4.78, 5) is 5.25. The number of nitrogens with zero attached hydrogens (tertiary/aromatic N) is 1. The first-order valence-electron chi connectivity index (χ1n) is 5.06. The monoisotopic (exact) mass is 252 g/mol. The molecule has 0 fully saturated rings. The maximum atomic E-state index is 6.18. The summed E-state index contributed by atoms with van der Waals surface area (Å²) in [5.74, 6) is 0. The molecule has 0 saturated carbocycles. The zero-order valence-corrected chi connectivity index (χ0v) is 10.6. The molecule has 0 saturated heterocycles. The quantitative estimate of drug-likeness (QED) is 0.910. The SMILES string of the molecule is Cc1c(Cl)cccc1C(N)Cc1cncs1. The van der Waals surface area contributed by atoms with Crippen molar-refractivity contribution in [1.82, 2.24) is 4.98 Å². The van der Waals surface area contributed by atoms with E-state index in [2.05, 4.69) is 4.98 Å². The summed E-state index contributed by atoms with van der Waals surface area (Å²) >= 11 is 7.71. The molecular formula is C12H13ClN2S. The Labute approximate surface area is 104 Å². The summed E-state index contributed by atoms with van der Waals surface area (Å²) in [7, 11) is 0. The average Bonchev–Trinajstić information content (AvgIpc) is 2.74. The first kappa shape index (κ1) is 11.6. The maximum Gasteiger partial charge on any atom is 0.0794 e. The molecule has 2 N–H and O–H groups in total. The molecular weight excluding hydrogens is 240 g/mol. The standard InChI is InChI=1S/C12H13ClN2S/c1-8-10(3-2-4-11(8)13)12(14)5-9-6-15-7-16-9/h2-4,6-7,12H,5,14H2,1H3. The lowest BCUT2D eigenvalue weighted by atomic mass is 9.99. The molecule has 2 nitrogen and oxygen atoms in total. The lowest BCUT2D eigenvalue weighted by Crippen LogP contribution is -2.14. The molecule has 16 heavy (non-hydrogen) atoms. The van der Waals surface area contributed by atoms with Crippen LogP contribution >= 0.6 is 22.9 Å². The molecule has 0 bridgehead atoms. The van der Waals surface area contributed by atoms with Gasteiger partial charge in [0.15, 0.2) is 0 Å². The molecule has 0 aliphatic rings. The lowest BCUT2D eigenvalue weighted by molar-refractivity contribution is 0.723. The van der Waals surface area contributed by atoms with Gasteiger partial charge in [0.25, 0.3) is 0 Å². The van der Waals surface area contributed by atoms with Gasteiger partial charge < -0.3 is 5.73 Å². The number of hydrogen-bond acceptors (Lipinski definition) is 3. The molecule has 1 aromatic carbocycles. The zero-order valence-electron chi connectivity index (χ0n) is 8.98. The van der Waals surface area contributed by atoms with Crippen LogP contribution in [-0.2, 0) is 6.42 Å². The molecule has 1 unspecified atom stereocenters. The molecule has 2 rings (SSSR count). The smallest absolute Gasteiger partial charge is 0.0794 e. The number of hydrogen-bond donors (Lipinski definition) is 1. The molecule has 4 heteroatoms. The largest absolute Gasteiger partial charge is 0.324 e. The van der Waals surface area contributed by atoms with Gasteiger partial charge in [0, 0.05) is 28.6 Å². The van der Waals surface area contributed by atoms with Crippen molar-refractivity contribution in [3.05, 3.63) is 50.9 Å². The van der Waals surface area contributed by atoms with Gasteiger partial charge in [-0.3, -0.25) is 4.98 Å². The van der Waals surface area contributed by atoms with E-state index in [9.17, 15) is 0 Å². The number of thiazole rings is 1. The van der Waals surface area contributed by atoms with Crippen molar-refractivity contribution in [2.75, 3.05) is 0 Å². The highest BCUT2D eigenvalue weighted by Gasteiger charge is 2.12. The third-order valence-corrected chi connectivity index (χ3v) is 3.83. The van der Waals surface area contributed by atoms with Gasteiger partial charge in [0.2, 0.25) is 0 Å². The van der Waals surface area contributed by atoms with Crippen molar-refractivity contribution < 1.29 is 0 Å². The Morgan fingerprint density at radius 1 is 1.50 bits per heavy atom. The number of aromatic nitrogens is 1. The summed E-state index contributed by atoms with van der Waals surface area (Å²) in [5, 5.41) is 0.775. The van der Waals surface area contributed by atoms with E-state index in [-0.39, 0.29) is 6.04 Å². The Morgan fingerprint density at radius 3 is 3.00 bits per heavy atom. The van der Waals surface area contributed by atoms with Crippen LogP contribution < -0.4 is 5.73 Å². The van der Waals surface area contributed by atoms with Gasteiger partial charge in [0.1, 0.15) is 0 Å². The molecule has 1 aromatic heterocycles. The summed E-state index contributed by atoms with van der Waals surface area (Å²) < 4.78 is 0. The minimum absolute atomic E-state index is 0.0147. The minimum Gasteiger partial charge on any atom is -0.324 e. The van der Waals surface area contributed by atoms with Crippen LogP contribution in [0.15, 0.2) is 29.9 Å². The second-order valence-corrected chi connectivity index (χ2v) is 5.11. The Hall–Kier alpha value is -0.900. The number of halogens is 1. The molecule has 0 spiro atoms. The van der Waals surface area contributed by atoms with E-state index in [1.807, 2.05) is 36.8 Å². The van der Waals surface area contributed by atoms with Crippen LogP contribution in [0.2, 0.25) is 5.02 Å². The van der Waals surface area contributed by atoms with Gasteiger partial charge >= 0.3 is 0 Å². The van der Waals surface area contributed by atoms with Crippen molar-refractivity contribution >= 4 is 22.9 Å². The molecule has 84 valence electrons. The summed E-state index contributed by atoms with van der Waals surface area (Å²) in [6, 6.07) is 5.85. The van der Waals surface area contributed by atoms with E-state index in [0.29, 0.717) is 0 Å². The van der Waals surface area contributed by atoms with Crippen LogP contribution in [0.5, 0.6) is 0 Å². The fourth-order valence-corrected chi connectivity index (χ4v) is 2.53. The third kappa shape index (κ3) is 2.43. The Kier molecular flexibility index (Phi) is 3.59. The van der Waals surface area contributed by atoms with E-state index < -0.39 is 0 Å². The number of nitrogens with two attached hydrogens (primary N) is 1. The second kappa shape index (κ2) is 4.95. The highest BCUT2D eigenvalue weighted by atomic mass is 35.5. The number of rotatable bonds is 3. The molecule has 1 heterocycles. The van der Waals surface area contributed by atoms with Crippen LogP contribution in [0.25, 0.3) is 0 Å². The van der Waals surface area contributed by atoms with Crippen molar-refractivity contribution in [2.24, 2.45) is 5.73 Å². The van der Waals surface area contributed by atoms with Crippen LogP contribution in [0.1, 0.15) is 22.0 Å². The summed E-state index contributed by atoms with van der Waals surface area (Å²) in [5.41, 5.74) is 10.2. The summed E-state index contributed by atoms with van der Waals surface area (Å²) in [6.07, 6.45) is 2.68. The van der Waals surface area contributed by atoms with Gasteiger partial charge in [-0.2, -0.15) is 0 Å². The Morgan fingerprint density at radius 2 is 2.31 bits per heavy atom. The van der Waals surface area contributed by atoms with Crippen molar-refractivity contribution in [3.63, 3.8) is 0 Å². The minimum atomic E-state index is -0.0147. The van der Waals surface area contributed by atoms with Gasteiger partial charge in [-0.1, -0.05) is 23.7 Å². The highest BCUT2D eigenvalue weighted by Crippen LogP contribution is 2.25. The molecule has 0 amide bonds. The van der Waals surface area contributed by atoms with E-state index in [0.717, 1.165) is 22.6 Å². The van der Waals surface area contributed by atoms with Crippen LogP contribution in [0.4, 0.5) is 0 Å². The highest BCUT2D eigenvalue weighted by molar-refractivity contribution is 7.09. The molecule has 0 aliphatic carbocycles. The van der Waals surface area contributed by atoms with Gasteiger partial charge in [-0.05, 0) is 24.1 Å². The maximum absolute atomic E-state index is 6.18. The second-order valence-electron chi connectivity index (χ2n) is 3.73. The third-order valence-electron chi connectivity index (χ3n) is 2.61. The van der Waals surface area contributed by atoms with Crippen LogP contribution in [-0.4, -0.2) is 4.98 Å². The fourth-order valence-electron chi connectivity index (χ4n) is 1.70. The molecule has 0 radical (unpaired) electrons. The van der Waals surface area contributed by atoms with E-state index >= 15 is 0 Å². The van der Waals surface area contributed by atoms with E-state index in [1.54, 1.807) is 11.3 Å². The molecule has 2 aromatic rings. The Bertz CT molecular complexity index is 468. The van der Waals surface area contributed by atoms with Crippen molar-refractivity contribution in [3.8, 4) is 0 Å². The van der Waals surface area contributed by atoms with Gasteiger partial charge in [0.05, 0.1) is 5.51 Å². The zero-order chi connectivity index (χ0) is 11.5. The summed E-state index contributed by atoms with van der Waals surface area (Å²) in [6.45, 7) is 2.00. The lowest BCUT2D eigenvalue weighted by Gasteiger charge is -2.14. The van der Waals surface area contributed by atoms with Crippen LogP contribution in [0, 0.1) is 6.92 Å². The average molecular weight is 253 g/mol. The Balaban J connectivity index is 2.21. The first-order valence-corrected chi connectivity index (χ1v) is 6.32. The van der Waals surface area contributed by atoms with Crippen LogP contribution in [0.3, 0.4) is 0 Å². The van der Waals surface area contributed by atoms with E-state index in [1.165, 1.54) is 4.88 Å². The first-order chi connectivity index (χ1) is 7.68. The fraction of sp³-hybridized carbons (Fsp3) is 0.250. The van der Waals surface area contributed by atoms with Gasteiger partial charge in [-0.15, -0.1) is 11.3 Å². The molecule has 0 aliphatic heterocycles. The topological polar surface area (TPSA) is 38.9 Å². The number of benzene rings is 1. The predicted molar refractivity (Wildman–Crippen MR) is 68.9 cm³/mol. The van der Waals surface area contributed by atoms with Crippen molar-refractivity contribution in [2.45, 2.75) is 19.4 Å².